The summed E-state index contributed by atoms with van der Waals surface area (Å²) in [7, 11) is 0. The van der Waals surface area contributed by atoms with Crippen molar-refractivity contribution in [1.29, 1.82) is 5.26 Å². The molecule has 1 saturated carbocycles. The van der Waals surface area contributed by atoms with E-state index in [0.29, 0.717) is 11.8 Å². The SMILES string of the molecule is N#Cc1ccc(CN2CCC[C@@H](c3n[nH]c(C4CC4)n3)C2)cc1. The minimum absolute atomic E-state index is 0.436. The maximum atomic E-state index is 8.88. The number of hydrogen-bond acceptors (Lipinski definition) is 4. The second kappa shape index (κ2) is 6.13. The van der Waals surface area contributed by atoms with Gasteiger partial charge in [0.2, 0.25) is 0 Å². The third-order valence-corrected chi connectivity index (χ3v) is 4.84. The molecule has 1 aliphatic heterocycles. The number of nitrogens with zero attached hydrogens (tertiary/aromatic N) is 4. The van der Waals surface area contributed by atoms with Crippen LogP contribution in [0, 0.1) is 11.3 Å². The summed E-state index contributed by atoms with van der Waals surface area (Å²) in [5.74, 6) is 3.15. The van der Waals surface area contributed by atoms with Crippen molar-refractivity contribution in [3.05, 3.63) is 47.0 Å². The van der Waals surface area contributed by atoms with Crippen LogP contribution in [0.25, 0.3) is 0 Å². The van der Waals surface area contributed by atoms with E-state index in [-0.39, 0.29) is 0 Å². The number of aromatic nitrogens is 3. The van der Waals surface area contributed by atoms with E-state index in [1.54, 1.807) is 0 Å². The van der Waals surface area contributed by atoms with Gasteiger partial charge < -0.3 is 0 Å². The van der Waals surface area contributed by atoms with Gasteiger partial charge in [0.25, 0.3) is 0 Å². The Morgan fingerprint density at radius 3 is 2.74 bits per heavy atom. The molecule has 23 heavy (non-hydrogen) atoms. The van der Waals surface area contributed by atoms with Gasteiger partial charge >= 0.3 is 0 Å². The minimum Gasteiger partial charge on any atom is -0.298 e. The number of rotatable bonds is 4. The van der Waals surface area contributed by atoms with Crippen LogP contribution in [0.5, 0.6) is 0 Å². The normalized spacial score (nSPS) is 22.0. The Hall–Kier alpha value is -2.19. The summed E-state index contributed by atoms with van der Waals surface area (Å²) >= 11 is 0. The molecule has 5 heteroatoms. The van der Waals surface area contributed by atoms with Crippen molar-refractivity contribution < 1.29 is 0 Å². The van der Waals surface area contributed by atoms with E-state index in [9.17, 15) is 0 Å². The quantitative estimate of drug-likeness (QED) is 0.943. The highest BCUT2D eigenvalue weighted by Crippen LogP contribution is 2.38. The van der Waals surface area contributed by atoms with E-state index in [2.05, 4.69) is 33.3 Å². The van der Waals surface area contributed by atoms with E-state index in [1.807, 2.05) is 12.1 Å². The summed E-state index contributed by atoms with van der Waals surface area (Å²) in [5, 5.41) is 16.5. The Balaban J connectivity index is 1.40. The third kappa shape index (κ3) is 3.27. The molecule has 0 radical (unpaired) electrons. The Bertz CT molecular complexity index is 708. The van der Waals surface area contributed by atoms with Gasteiger partial charge in [0.1, 0.15) is 5.82 Å². The summed E-state index contributed by atoms with van der Waals surface area (Å²) in [6, 6.07) is 10.1. The summed E-state index contributed by atoms with van der Waals surface area (Å²) < 4.78 is 0. The number of aromatic amines is 1. The Morgan fingerprint density at radius 1 is 1.17 bits per heavy atom. The molecule has 1 atom stereocenters. The molecule has 1 aromatic heterocycles. The van der Waals surface area contributed by atoms with Crippen molar-refractivity contribution in [1.82, 2.24) is 20.1 Å². The summed E-state index contributed by atoms with van der Waals surface area (Å²) in [4.78, 5) is 7.21. The molecule has 5 nitrogen and oxygen atoms in total. The van der Waals surface area contributed by atoms with Gasteiger partial charge in [0.05, 0.1) is 11.6 Å². The number of nitriles is 1. The first-order chi connectivity index (χ1) is 11.3. The predicted octanol–water partition coefficient (Wildman–Crippen LogP) is 2.93. The van der Waals surface area contributed by atoms with Crippen molar-refractivity contribution in [3.8, 4) is 6.07 Å². The number of H-pyrrole nitrogens is 1. The van der Waals surface area contributed by atoms with Crippen LogP contribution in [-0.2, 0) is 6.54 Å². The molecule has 1 N–H and O–H groups in total. The number of benzene rings is 1. The Morgan fingerprint density at radius 2 is 2.00 bits per heavy atom. The van der Waals surface area contributed by atoms with Crippen molar-refractivity contribution in [3.63, 3.8) is 0 Å². The van der Waals surface area contributed by atoms with Crippen LogP contribution in [-0.4, -0.2) is 33.2 Å². The number of nitrogens with one attached hydrogen (secondary N) is 1. The van der Waals surface area contributed by atoms with Crippen molar-refractivity contribution in [2.45, 2.75) is 44.1 Å². The average molecular weight is 307 g/mol. The number of piperidine rings is 1. The van der Waals surface area contributed by atoms with E-state index >= 15 is 0 Å². The van der Waals surface area contributed by atoms with Gasteiger partial charge in [-0.2, -0.15) is 10.4 Å². The Kier molecular flexibility index (Phi) is 3.84. The van der Waals surface area contributed by atoms with Gasteiger partial charge in [-0.1, -0.05) is 12.1 Å². The van der Waals surface area contributed by atoms with Gasteiger partial charge in [0.15, 0.2) is 5.82 Å². The molecule has 2 aromatic rings. The minimum atomic E-state index is 0.436. The monoisotopic (exact) mass is 307 g/mol. The van der Waals surface area contributed by atoms with Crippen LogP contribution in [0.1, 0.15) is 60.3 Å². The second-order valence-corrected chi connectivity index (χ2v) is 6.74. The molecule has 4 rings (SSSR count). The molecule has 1 saturated heterocycles. The first-order valence-corrected chi connectivity index (χ1v) is 8.45. The zero-order chi connectivity index (χ0) is 15.6. The lowest BCUT2D eigenvalue weighted by Crippen LogP contribution is -2.34. The Labute approximate surface area is 136 Å². The topological polar surface area (TPSA) is 68.6 Å². The van der Waals surface area contributed by atoms with Gasteiger partial charge in [-0.05, 0) is 49.9 Å². The van der Waals surface area contributed by atoms with E-state index in [1.165, 1.54) is 31.2 Å². The van der Waals surface area contributed by atoms with Crippen LogP contribution < -0.4 is 0 Å². The highest BCUT2D eigenvalue weighted by atomic mass is 15.2. The largest absolute Gasteiger partial charge is 0.298 e. The smallest absolute Gasteiger partial charge is 0.155 e. The molecule has 0 bridgehead atoms. The van der Waals surface area contributed by atoms with Crippen molar-refractivity contribution >= 4 is 0 Å². The molecule has 2 heterocycles. The molecular formula is C18H21N5. The van der Waals surface area contributed by atoms with Gasteiger partial charge in [-0.15, -0.1) is 0 Å². The maximum Gasteiger partial charge on any atom is 0.155 e. The molecule has 1 aliphatic carbocycles. The van der Waals surface area contributed by atoms with Crippen LogP contribution in [0.3, 0.4) is 0 Å². The second-order valence-electron chi connectivity index (χ2n) is 6.74. The molecule has 2 fully saturated rings. The standard InChI is InChI=1S/C18H21N5/c19-10-13-3-5-14(6-4-13)11-23-9-1-2-16(12-23)18-20-17(21-22-18)15-7-8-15/h3-6,15-16H,1-2,7-9,11-12H2,(H,20,21,22)/t16-/m1/s1. The maximum absolute atomic E-state index is 8.88. The van der Waals surface area contributed by atoms with Crippen LogP contribution in [0.2, 0.25) is 0 Å². The summed E-state index contributed by atoms with van der Waals surface area (Å²) in [6.07, 6.45) is 4.87. The lowest BCUT2D eigenvalue weighted by atomic mass is 9.97. The van der Waals surface area contributed by atoms with Crippen LogP contribution >= 0.6 is 0 Å². The zero-order valence-electron chi connectivity index (χ0n) is 13.2. The molecule has 118 valence electrons. The lowest BCUT2D eigenvalue weighted by Gasteiger charge is -2.31. The number of hydrogen-bond donors (Lipinski definition) is 1. The number of likely N-dealkylation sites (tertiary alicyclic amines) is 1. The fraction of sp³-hybridized carbons (Fsp3) is 0.500. The van der Waals surface area contributed by atoms with Gasteiger partial charge in [-0.3, -0.25) is 10.00 Å². The molecule has 0 amide bonds. The molecular weight excluding hydrogens is 286 g/mol. The van der Waals surface area contributed by atoms with E-state index in [0.717, 1.165) is 36.8 Å². The van der Waals surface area contributed by atoms with Gasteiger partial charge in [-0.25, -0.2) is 4.98 Å². The highest BCUT2D eigenvalue weighted by molar-refractivity contribution is 5.31. The first-order valence-electron chi connectivity index (χ1n) is 8.45. The fourth-order valence-electron chi connectivity index (χ4n) is 3.36. The molecule has 2 aliphatic rings. The van der Waals surface area contributed by atoms with E-state index in [4.69, 9.17) is 10.2 Å². The summed E-state index contributed by atoms with van der Waals surface area (Å²) in [5.41, 5.74) is 1.98. The lowest BCUT2D eigenvalue weighted by molar-refractivity contribution is 0.196. The van der Waals surface area contributed by atoms with Crippen molar-refractivity contribution in [2.75, 3.05) is 13.1 Å². The molecule has 0 spiro atoms. The molecule has 1 aromatic carbocycles. The van der Waals surface area contributed by atoms with Crippen LogP contribution in [0.4, 0.5) is 0 Å². The highest BCUT2D eigenvalue weighted by Gasteiger charge is 2.30. The zero-order valence-corrected chi connectivity index (χ0v) is 13.2. The van der Waals surface area contributed by atoms with Crippen LogP contribution in [0.15, 0.2) is 24.3 Å². The van der Waals surface area contributed by atoms with Gasteiger partial charge in [0, 0.05) is 24.9 Å². The third-order valence-electron chi connectivity index (χ3n) is 4.84. The van der Waals surface area contributed by atoms with Crippen molar-refractivity contribution in [2.24, 2.45) is 0 Å². The predicted molar refractivity (Wildman–Crippen MR) is 86.8 cm³/mol. The van der Waals surface area contributed by atoms with E-state index < -0.39 is 0 Å². The fourth-order valence-corrected chi connectivity index (χ4v) is 3.36. The average Bonchev–Trinajstić information content (AvgIpc) is 3.33. The summed E-state index contributed by atoms with van der Waals surface area (Å²) in [6.45, 7) is 3.07. The first kappa shape index (κ1) is 14.4. The molecule has 0 unspecified atom stereocenters.